The minimum atomic E-state index is 0.139. The molecular weight excluding hydrogens is 264 g/mol. The van der Waals surface area contributed by atoms with Crippen LogP contribution in [-0.2, 0) is 11.3 Å². The number of benzene rings is 1. The maximum Gasteiger partial charge on any atom is 0.236 e. The van der Waals surface area contributed by atoms with Gasteiger partial charge in [0.25, 0.3) is 0 Å². The van der Waals surface area contributed by atoms with Crippen LogP contribution in [0.3, 0.4) is 0 Å². The molecule has 0 aliphatic rings. The van der Waals surface area contributed by atoms with Crippen LogP contribution in [0, 0.1) is 6.92 Å². The third-order valence-electron chi connectivity index (χ3n) is 3.57. The van der Waals surface area contributed by atoms with Crippen LogP contribution in [0.4, 0.5) is 0 Å². The van der Waals surface area contributed by atoms with Crippen molar-refractivity contribution < 1.29 is 9.90 Å². The van der Waals surface area contributed by atoms with Gasteiger partial charge in [0, 0.05) is 20.2 Å². The summed E-state index contributed by atoms with van der Waals surface area (Å²) in [6, 6.07) is 8.28. The molecule has 4 heteroatoms. The summed E-state index contributed by atoms with van der Waals surface area (Å²) in [5.41, 5.74) is 2.39. The second-order valence-corrected chi connectivity index (χ2v) is 5.76. The van der Waals surface area contributed by atoms with Crippen LogP contribution in [0.15, 0.2) is 24.3 Å². The van der Waals surface area contributed by atoms with Gasteiger partial charge >= 0.3 is 0 Å². The SMILES string of the molecule is Cc1ccc(CN(C)C(=O)CN(C)CCCCCO)cc1. The van der Waals surface area contributed by atoms with E-state index in [9.17, 15) is 4.79 Å². The van der Waals surface area contributed by atoms with Gasteiger partial charge in [-0.3, -0.25) is 9.69 Å². The summed E-state index contributed by atoms with van der Waals surface area (Å²) < 4.78 is 0. The molecule has 1 amide bonds. The van der Waals surface area contributed by atoms with Crippen LogP contribution in [0.2, 0.25) is 0 Å². The molecule has 0 bridgehead atoms. The summed E-state index contributed by atoms with van der Waals surface area (Å²) in [6.07, 6.45) is 2.87. The molecule has 118 valence electrons. The lowest BCUT2D eigenvalue weighted by atomic mass is 10.1. The largest absolute Gasteiger partial charge is 0.396 e. The molecule has 0 aliphatic heterocycles. The van der Waals surface area contributed by atoms with Crippen molar-refractivity contribution in [3.8, 4) is 0 Å². The summed E-state index contributed by atoms with van der Waals surface area (Å²) in [7, 11) is 3.82. The van der Waals surface area contributed by atoms with E-state index >= 15 is 0 Å². The van der Waals surface area contributed by atoms with Gasteiger partial charge in [0.1, 0.15) is 0 Å². The first-order chi connectivity index (χ1) is 10.0. The Hall–Kier alpha value is -1.39. The van der Waals surface area contributed by atoms with E-state index in [0.29, 0.717) is 13.1 Å². The number of carbonyl (C=O) groups excluding carboxylic acids is 1. The number of aryl methyl sites for hydroxylation is 1. The quantitative estimate of drug-likeness (QED) is 0.708. The van der Waals surface area contributed by atoms with Crippen LogP contribution in [-0.4, -0.2) is 54.6 Å². The minimum absolute atomic E-state index is 0.139. The average molecular weight is 292 g/mol. The van der Waals surface area contributed by atoms with E-state index in [2.05, 4.69) is 31.2 Å². The van der Waals surface area contributed by atoms with Gasteiger partial charge in [0.05, 0.1) is 6.54 Å². The fraction of sp³-hybridized carbons (Fsp3) is 0.588. The Morgan fingerprint density at radius 3 is 2.38 bits per heavy atom. The van der Waals surface area contributed by atoms with Crippen molar-refractivity contribution in [3.05, 3.63) is 35.4 Å². The number of unbranched alkanes of at least 4 members (excludes halogenated alkanes) is 2. The lowest BCUT2D eigenvalue weighted by molar-refractivity contribution is -0.131. The zero-order valence-corrected chi connectivity index (χ0v) is 13.5. The highest BCUT2D eigenvalue weighted by atomic mass is 16.2. The lowest BCUT2D eigenvalue weighted by Crippen LogP contribution is -2.36. The predicted octanol–water partition coefficient (Wildman–Crippen LogP) is 2.05. The summed E-state index contributed by atoms with van der Waals surface area (Å²) >= 11 is 0. The number of rotatable bonds is 9. The molecule has 21 heavy (non-hydrogen) atoms. The molecule has 4 nitrogen and oxygen atoms in total. The molecule has 0 saturated carbocycles. The van der Waals surface area contributed by atoms with E-state index in [0.717, 1.165) is 31.4 Å². The molecule has 1 rings (SSSR count). The van der Waals surface area contributed by atoms with E-state index in [1.165, 1.54) is 5.56 Å². The van der Waals surface area contributed by atoms with Crippen molar-refractivity contribution in [2.75, 3.05) is 33.8 Å². The number of aliphatic hydroxyl groups excluding tert-OH is 1. The molecule has 0 atom stereocenters. The van der Waals surface area contributed by atoms with E-state index in [-0.39, 0.29) is 12.5 Å². The number of nitrogens with zero attached hydrogens (tertiary/aromatic N) is 2. The normalized spacial score (nSPS) is 10.9. The second-order valence-electron chi connectivity index (χ2n) is 5.76. The molecule has 0 spiro atoms. The molecule has 0 aromatic heterocycles. The lowest BCUT2D eigenvalue weighted by Gasteiger charge is -2.22. The van der Waals surface area contributed by atoms with Crippen molar-refractivity contribution in [2.24, 2.45) is 0 Å². The van der Waals surface area contributed by atoms with Crippen molar-refractivity contribution >= 4 is 5.91 Å². The van der Waals surface area contributed by atoms with Gasteiger partial charge in [-0.2, -0.15) is 0 Å². The number of hydrogen-bond acceptors (Lipinski definition) is 3. The highest BCUT2D eigenvalue weighted by molar-refractivity contribution is 5.77. The minimum Gasteiger partial charge on any atom is -0.396 e. The van der Waals surface area contributed by atoms with Crippen molar-refractivity contribution in [2.45, 2.75) is 32.7 Å². The molecule has 0 fully saturated rings. The second kappa shape index (κ2) is 9.53. The number of amides is 1. The molecule has 0 heterocycles. The Bertz CT molecular complexity index is 417. The van der Waals surface area contributed by atoms with Crippen LogP contribution in [0.5, 0.6) is 0 Å². The molecular formula is C17H28N2O2. The van der Waals surface area contributed by atoms with Gasteiger partial charge in [0.15, 0.2) is 0 Å². The molecule has 0 aliphatic carbocycles. The fourth-order valence-corrected chi connectivity index (χ4v) is 2.16. The highest BCUT2D eigenvalue weighted by Gasteiger charge is 2.11. The zero-order valence-electron chi connectivity index (χ0n) is 13.5. The number of likely N-dealkylation sites (N-methyl/N-ethyl adjacent to an activating group) is 2. The van der Waals surface area contributed by atoms with Crippen molar-refractivity contribution in [1.29, 1.82) is 0 Å². The number of aliphatic hydroxyl groups is 1. The van der Waals surface area contributed by atoms with E-state index < -0.39 is 0 Å². The molecule has 0 saturated heterocycles. The number of hydrogen-bond donors (Lipinski definition) is 1. The van der Waals surface area contributed by atoms with Crippen LogP contribution in [0.1, 0.15) is 30.4 Å². The summed E-state index contributed by atoms with van der Waals surface area (Å²) in [5, 5.41) is 8.73. The van der Waals surface area contributed by atoms with Crippen LogP contribution in [0.25, 0.3) is 0 Å². The van der Waals surface area contributed by atoms with Crippen LogP contribution < -0.4 is 0 Å². The molecule has 1 aromatic carbocycles. The van der Waals surface area contributed by atoms with Crippen LogP contribution >= 0.6 is 0 Å². The summed E-state index contributed by atoms with van der Waals surface area (Å²) in [4.78, 5) is 16.0. The number of carbonyl (C=O) groups is 1. The Balaban J connectivity index is 2.31. The predicted molar refractivity (Wildman–Crippen MR) is 86.1 cm³/mol. The fourth-order valence-electron chi connectivity index (χ4n) is 2.16. The maximum atomic E-state index is 12.2. The maximum absolute atomic E-state index is 12.2. The average Bonchev–Trinajstić information content (AvgIpc) is 2.46. The Kier molecular flexibility index (Phi) is 8.01. The summed E-state index contributed by atoms with van der Waals surface area (Å²) in [5.74, 6) is 0.139. The Labute approximate surface area is 128 Å². The standard InChI is InChI=1S/C17H28N2O2/c1-15-7-9-16(10-8-15)13-19(3)17(21)14-18(2)11-5-4-6-12-20/h7-10,20H,4-6,11-14H2,1-3H3. The molecule has 1 N–H and O–H groups in total. The molecule has 1 aromatic rings. The monoisotopic (exact) mass is 292 g/mol. The van der Waals surface area contributed by atoms with E-state index in [4.69, 9.17) is 5.11 Å². The van der Waals surface area contributed by atoms with Gasteiger partial charge in [-0.1, -0.05) is 29.8 Å². The molecule has 0 radical (unpaired) electrons. The highest BCUT2D eigenvalue weighted by Crippen LogP contribution is 2.06. The van der Waals surface area contributed by atoms with Gasteiger partial charge in [0.2, 0.25) is 5.91 Å². The Morgan fingerprint density at radius 1 is 1.10 bits per heavy atom. The van der Waals surface area contributed by atoms with Gasteiger partial charge < -0.3 is 10.0 Å². The van der Waals surface area contributed by atoms with Gasteiger partial charge in [-0.15, -0.1) is 0 Å². The smallest absolute Gasteiger partial charge is 0.236 e. The molecule has 0 unspecified atom stereocenters. The third-order valence-corrected chi connectivity index (χ3v) is 3.57. The zero-order chi connectivity index (χ0) is 15.7. The first-order valence-corrected chi connectivity index (χ1v) is 7.62. The van der Waals surface area contributed by atoms with Gasteiger partial charge in [-0.25, -0.2) is 0 Å². The van der Waals surface area contributed by atoms with Crippen molar-refractivity contribution in [3.63, 3.8) is 0 Å². The summed E-state index contributed by atoms with van der Waals surface area (Å²) in [6.45, 7) is 4.30. The Morgan fingerprint density at radius 2 is 1.76 bits per heavy atom. The third kappa shape index (κ3) is 7.25. The van der Waals surface area contributed by atoms with E-state index in [1.807, 2.05) is 19.0 Å². The topological polar surface area (TPSA) is 43.8 Å². The first kappa shape index (κ1) is 17.7. The first-order valence-electron chi connectivity index (χ1n) is 7.62. The van der Waals surface area contributed by atoms with Crippen molar-refractivity contribution in [1.82, 2.24) is 9.80 Å². The van der Waals surface area contributed by atoms with Gasteiger partial charge in [-0.05, 0) is 45.3 Å². The van der Waals surface area contributed by atoms with E-state index in [1.54, 1.807) is 4.90 Å².